The van der Waals surface area contributed by atoms with E-state index in [2.05, 4.69) is 0 Å². The Hall–Kier alpha value is -2.29. The van der Waals surface area contributed by atoms with Gasteiger partial charge in [0.25, 0.3) is 0 Å². The van der Waals surface area contributed by atoms with Gasteiger partial charge in [0.05, 0.1) is 12.2 Å². The summed E-state index contributed by atoms with van der Waals surface area (Å²) >= 11 is 0. The lowest BCUT2D eigenvalue weighted by Gasteiger charge is -2.36. The fourth-order valence-corrected chi connectivity index (χ4v) is 4.98. The molecule has 2 aromatic rings. The second-order valence-electron chi connectivity index (χ2n) is 7.44. The van der Waals surface area contributed by atoms with E-state index in [0.29, 0.717) is 17.5 Å². The van der Waals surface area contributed by atoms with E-state index in [1.807, 2.05) is 6.92 Å². The highest BCUT2D eigenvalue weighted by Crippen LogP contribution is 2.46. The number of carbonyl (C=O) groups is 2. The molecule has 142 valence electrons. The van der Waals surface area contributed by atoms with Crippen molar-refractivity contribution in [2.24, 2.45) is 0 Å². The first kappa shape index (κ1) is 18.1. The molecule has 27 heavy (non-hydrogen) atoms. The van der Waals surface area contributed by atoms with Crippen LogP contribution in [0.25, 0.3) is 11.3 Å². The van der Waals surface area contributed by atoms with Crippen molar-refractivity contribution in [1.29, 1.82) is 0 Å². The van der Waals surface area contributed by atoms with E-state index in [0.717, 1.165) is 18.4 Å². The Morgan fingerprint density at radius 3 is 2.48 bits per heavy atom. The first-order valence-corrected chi connectivity index (χ1v) is 10.0. The molecule has 4 rings (SSSR count). The standard InChI is InChI=1S/C19H18O7S/c1-9-13-15(21)16(22)14-10-4-3-7-19(2,8-20)12(10)6-5-11(14)17(13)26-18(9)27(23,24)25/h5-6,20H,3-4,7-8H2,1-2H3,(H,23,24,25)/t19-/m1/s1. The van der Waals surface area contributed by atoms with E-state index in [9.17, 15) is 27.7 Å². The molecule has 7 nitrogen and oxygen atoms in total. The second-order valence-corrected chi connectivity index (χ2v) is 8.76. The minimum absolute atomic E-state index is 0.0150. The lowest BCUT2D eigenvalue weighted by atomic mass is 9.68. The highest BCUT2D eigenvalue weighted by Gasteiger charge is 2.42. The molecule has 2 N–H and O–H groups in total. The van der Waals surface area contributed by atoms with Gasteiger partial charge in [-0.2, -0.15) is 8.42 Å². The number of rotatable bonds is 2. The van der Waals surface area contributed by atoms with E-state index >= 15 is 0 Å². The molecule has 0 saturated heterocycles. The van der Waals surface area contributed by atoms with Gasteiger partial charge in [0.2, 0.25) is 16.7 Å². The molecule has 0 bridgehead atoms. The van der Waals surface area contributed by atoms with Gasteiger partial charge in [0, 0.05) is 22.1 Å². The first-order chi connectivity index (χ1) is 12.6. The number of fused-ring (bicyclic) bond motifs is 5. The SMILES string of the molecule is Cc1c(S(=O)(=O)O)oc2c1C(=O)C(=O)c1c-2ccc2c1CCC[C@]2(C)CO. The number of aliphatic hydroxyl groups excluding tert-OH is 1. The van der Waals surface area contributed by atoms with Crippen LogP contribution in [0, 0.1) is 6.92 Å². The zero-order chi connectivity index (χ0) is 19.7. The molecular formula is C19H18O7S. The fourth-order valence-electron chi connectivity index (χ4n) is 4.30. The number of ketones is 2. The van der Waals surface area contributed by atoms with Crippen molar-refractivity contribution in [1.82, 2.24) is 0 Å². The van der Waals surface area contributed by atoms with Gasteiger partial charge >= 0.3 is 10.1 Å². The molecule has 0 saturated carbocycles. The van der Waals surface area contributed by atoms with Gasteiger partial charge in [-0.15, -0.1) is 0 Å². The number of benzene rings is 1. The van der Waals surface area contributed by atoms with Gasteiger partial charge in [0.15, 0.2) is 0 Å². The van der Waals surface area contributed by atoms with Crippen molar-refractivity contribution in [3.63, 3.8) is 0 Å². The predicted octanol–water partition coefficient (Wildman–Crippen LogP) is 2.47. The van der Waals surface area contributed by atoms with Crippen LogP contribution in [0.3, 0.4) is 0 Å². The Balaban J connectivity index is 2.06. The van der Waals surface area contributed by atoms with Crippen LogP contribution >= 0.6 is 0 Å². The quantitative estimate of drug-likeness (QED) is 0.596. The average molecular weight is 390 g/mol. The van der Waals surface area contributed by atoms with Crippen molar-refractivity contribution in [2.75, 3.05) is 6.61 Å². The molecule has 1 atom stereocenters. The Morgan fingerprint density at radius 2 is 1.85 bits per heavy atom. The number of furan rings is 1. The van der Waals surface area contributed by atoms with Gasteiger partial charge in [-0.05, 0) is 37.3 Å². The van der Waals surface area contributed by atoms with Crippen LogP contribution in [0.2, 0.25) is 0 Å². The van der Waals surface area contributed by atoms with Crippen molar-refractivity contribution < 1.29 is 32.1 Å². The van der Waals surface area contributed by atoms with Gasteiger partial charge in [-0.25, -0.2) is 0 Å². The highest BCUT2D eigenvalue weighted by atomic mass is 32.2. The van der Waals surface area contributed by atoms with E-state index in [4.69, 9.17) is 4.42 Å². The molecule has 8 heteroatoms. The first-order valence-electron chi connectivity index (χ1n) is 8.57. The summed E-state index contributed by atoms with van der Waals surface area (Å²) in [6.07, 6.45) is 2.09. The molecule has 0 fully saturated rings. The number of aliphatic hydroxyl groups is 1. The minimum atomic E-state index is -4.67. The fraction of sp³-hybridized carbons (Fsp3) is 0.368. The van der Waals surface area contributed by atoms with Gasteiger partial charge in [-0.3, -0.25) is 14.1 Å². The maximum absolute atomic E-state index is 12.9. The Kier molecular flexibility index (Phi) is 3.76. The van der Waals surface area contributed by atoms with Crippen LogP contribution in [0.1, 0.15) is 57.2 Å². The summed E-state index contributed by atoms with van der Waals surface area (Å²) in [5.74, 6) is -1.58. The Morgan fingerprint density at radius 1 is 1.19 bits per heavy atom. The second kappa shape index (κ2) is 5.60. The topological polar surface area (TPSA) is 122 Å². The number of hydrogen-bond donors (Lipinski definition) is 2. The predicted molar refractivity (Wildman–Crippen MR) is 94.7 cm³/mol. The Bertz CT molecular complexity index is 1120. The molecule has 2 aliphatic rings. The van der Waals surface area contributed by atoms with Gasteiger partial charge in [-0.1, -0.05) is 19.1 Å². The van der Waals surface area contributed by atoms with Crippen LogP contribution in [-0.2, 0) is 22.0 Å². The zero-order valence-corrected chi connectivity index (χ0v) is 15.6. The summed E-state index contributed by atoms with van der Waals surface area (Å²) in [6, 6.07) is 3.41. The van der Waals surface area contributed by atoms with E-state index in [-0.39, 0.29) is 29.1 Å². The monoisotopic (exact) mass is 390 g/mol. The molecule has 0 radical (unpaired) electrons. The van der Waals surface area contributed by atoms with Crippen LogP contribution in [0.4, 0.5) is 0 Å². The molecule has 0 unspecified atom stereocenters. The lowest BCUT2D eigenvalue weighted by molar-refractivity contribution is 0.0813. The number of carbonyl (C=O) groups excluding carboxylic acids is 2. The van der Waals surface area contributed by atoms with E-state index in [1.54, 1.807) is 12.1 Å². The summed E-state index contributed by atoms with van der Waals surface area (Å²) in [4.78, 5) is 25.6. The summed E-state index contributed by atoms with van der Waals surface area (Å²) in [7, 11) is -4.67. The summed E-state index contributed by atoms with van der Waals surface area (Å²) < 4.78 is 37.9. The summed E-state index contributed by atoms with van der Waals surface area (Å²) in [6.45, 7) is 3.15. The molecule has 1 aromatic carbocycles. The average Bonchev–Trinajstić information content (AvgIpc) is 2.97. The molecule has 0 spiro atoms. The minimum Gasteiger partial charge on any atom is -0.441 e. The van der Waals surface area contributed by atoms with Crippen LogP contribution < -0.4 is 0 Å². The molecule has 2 aliphatic carbocycles. The maximum Gasteiger partial charge on any atom is 0.328 e. The lowest BCUT2D eigenvalue weighted by Crippen LogP contribution is -2.34. The van der Waals surface area contributed by atoms with Crippen molar-refractivity contribution in [2.45, 2.75) is 43.6 Å². The molecular weight excluding hydrogens is 372 g/mol. The summed E-state index contributed by atoms with van der Waals surface area (Å²) in [5, 5.41) is 9.12. The maximum atomic E-state index is 12.9. The van der Waals surface area contributed by atoms with Crippen molar-refractivity contribution in [3.05, 3.63) is 39.9 Å². The van der Waals surface area contributed by atoms with E-state index in [1.165, 1.54) is 6.92 Å². The van der Waals surface area contributed by atoms with Crippen molar-refractivity contribution in [3.8, 4) is 11.3 Å². The molecule has 1 aromatic heterocycles. The summed E-state index contributed by atoms with van der Waals surface area (Å²) in [5.41, 5.74) is 1.36. The van der Waals surface area contributed by atoms with Crippen molar-refractivity contribution >= 4 is 21.7 Å². The van der Waals surface area contributed by atoms with Crippen LogP contribution in [0.5, 0.6) is 0 Å². The normalized spacial score (nSPS) is 21.6. The number of hydrogen-bond acceptors (Lipinski definition) is 6. The largest absolute Gasteiger partial charge is 0.441 e. The van der Waals surface area contributed by atoms with Gasteiger partial charge in [0.1, 0.15) is 5.76 Å². The zero-order valence-electron chi connectivity index (χ0n) is 14.8. The Labute approximate surface area is 155 Å². The third-order valence-electron chi connectivity index (χ3n) is 5.71. The van der Waals surface area contributed by atoms with Crippen LogP contribution in [-0.4, -0.2) is 36.3 Å². The smallest absolute Gasteiger partial charge is 0.328 e. The highest BCUT2D eigenvalue weighted by molar-refractivity contribution is 7.85. The third kappa shape index (κ3) is 2.37. The van der Waals surface area contributed by atoms with Crippen LogP contribution in [0.15, 0.2) is 21.6 Å². The molecule has 0 amide bonds. The number of Topliss-reactive ketones (excluding diaryl/α,β-unsaturated/α-hetero) is 2. The van der Waals surface area contributed by atoms with Gasteiger partial charge < -0.3 is 9.52 Å². The van der Waals surface area contributed by atoms with E-state index < -0.39 is 32.2 Å². The molecule has 0 aliphatic heterocycles. The molecule has 1 heterocycles. The third-order valence-corrected chi connectivity index (χ3v) is 6.57.